The minimum Gasteiger partial charge on any atom is -0.481 e. The largest absolute Gasteiger partial charge is 0.481 e. The molecule has 0 aromatic carbocycles. The Kier molecular flexibility index (Phi) is 5.93. The van der Waals surface area contributed by atoms with E-state index in [1.54, 1.807) is 18.6 Å². The van der Waals surface area contributed by atoms with E-state index in [2.05, 4.69) is 9.46 Å². The Labute approximate surface area is 123 Å². The fraction of sp³-hybridized carbons (Fsp3) is 0.818. The highest BCUT2D eigenvalue weighted by molar-refractivity contribution is 7.88. The lowest BCUT2D eigenvalue weighted by molar-refractivity contribution is -0.154. The van der Waals surface area contributed by atoms with Crippen molar-refractivity contribution in [3.05, 3.63) is 0 Å². The molecule has 122 valence electrons. The van der Waals surface area contributed by atoms with Gasteiger partial charge in [-0.25, -0.2) is 9.52 Å². The smallest absolute Gasteiger partial charge is 0.422 e. The lowest BCUT2D eigenvalue weighted by Crippen LogP contribution is -2.50. The molecule has 1 fully saturated rings. The summed E-state index contributed by atoms with van der Waals surface area (Å²) in [7, 11) is -4.18. The van der Waals surface area contributed by atoms with Crippen LogP contribution in [0.15, 0.2) is 0 Å². The van der Waals surface area contributed by atoms with Crippen molar-refractivity contribution in [2.45, 2.75) is 32.8 Å². The van der Waals surface area contributed by atoms with Crippen LogP contribution in [0.25, 0.3) is 0 Å². The van der Waals surface area contributed by atoms with Gasteiger partial charge in [0, 0.05) is 19.8 Å². The Morgan fingerprint density at radius 2 is 1.90 bits per heavy atom. The van der Waals surface area contributed by atoms with Crippen molar-refractivity contribution < 1.29 is 32.6 Å². The van der Waals surface area contributed by atoms with E-state index in [4.69, 9.17) is 4.74 Å². The zero-order chi connectivity index (χ0) is 16.1. The number of nitrogens with one attached hydrogen (secondary N) is 2. The van der Waals surface area contributed by atoms with Crippen LogP contribution in [0.3, 0.4) is 0 Å². The summed E-state index contributed by atoms with van der Waals surface area (Å²) in [6.45, 7) is 3.31. The molecule has 1 rings (SSSR count). The Morgan fingerprint density at radius 3 is 2.38 bits per heavy atom. The van der Waals surface area contributed by atoms with Crippen LogP contribution in [-0.4, -0.2) is 51.4 Å². The van der Waals surface area contributed by atoms with Gasteiger partial charge in [0.25, 0.3) is 0 Å². The molecular weight excluding hydrogens is 304 g/mol. The molecule has 1 aliphatic rings. The molecule has 0 aliphatic carbocycles. The second-order valence-corrected chi connectivity index (χ2v) is 6.58. The van der Waals surface area contributed by atoms with E-state index < -0.39 is 33.8 Å². The third-order valence-corrected chi connectivity index (χ3v) is 4.02. The van der Waals surface area contributed by atoms with Gasteiger partial charge in [-0.15, -0.1) is 0 Å². The fourth-order valence-corrected chi connectivity index (χ4v) is 2.65. The first-order valence-electron chi connectivity index (χ1n) is 6.46. The van der Waals surface area contributed by atoms with Crippen LogP contribution in [0.5, 0.6) is 0 Å². The average molecular weight is 324 g/mol. The van der Waals surface area contributed by atoms with Gasteiger partial charge in [0.05, 0.1) is 11.5 Å². The first kappa shape index (κ1) is 17.7. The van der Waals surface area contributed by atoms with Gasteiger partial charge in [0.2, 0.25) is 0 Å². The van der Waals surface area contributed by atoms with Gasteiger partial charge >= 0.3 is 22.3 Å². The quantitative estimate of drug-likeness (QED) is 0.618. The van der Waals surface area contributed by atoms with E-state index in [1.807, 2.05) is 0 Å². The number of hydrogen-bond acceptors (Lipinski definition) is 6. The second-order valence-electron chi connectivity index (χ2n) is 5.08. The van der Waals surface area contributed by atoms with Crippen molar-refractivity contribution in [1.29, 1.82) is 0 Å². The topological polar surface area (TPSA) is 131 Å². The molecule has 1 heterocycles. The lowest BCUT2D eigenvalue weighted by atomic mass is 9.80. The van der Waals surface area contributed by atoms with E-state index >= 15 is 0 Å². The minimum absolute atomic E-state index is 0.196. The number of carbonyl (C=O) groups is 2. The van der Waals surface area contributed by atoms with Crippen LogP contribution in [0, 0.1) is 5.41 Å². The molecule has 3 N–H and O–H groups in total. The van der Waals surface area contributed by atoms with Crippen molar-refractivity contribution in [2.24, 2.45) is 5.41 Å². The van der Waals surface area contributed by atoms with Crippen molar-refractivity contribution >= 4 is 22.3 Å². The zero-order valence-corrected chi connectivity index (χ0v) is 12.7. The van der Waals surface area contributed by atoms with Crippen LogP contribution >= 0.6 is 0 Å². The molecule has 0 aromatic rings. The zero-order valence-electron chi connectivity index (χ0n) is 11.9. The second kappa shape index (κ2) is 7.05. The van der Waals surface area contributed by atoms with Gasteiger partial charge in [-0.3, -0.25) is 4.79 Å². The maximum absolute atomic E-state index is 11.7. The molecule has 1 saturated heterocycles. The first-order valence-corrected chi connectivity index (χ1v) is 7.94. The summed E-state index contributed by atoms with van der Waals surface area (Å²) in [6, 6.07) is 0. The molecular formula is C11H20N2O7S. The SMILES string of the molecule is CC(C)OC(=O)NS(=O)(=O)NCC1(C(=O)O)CCOCC1. The molecule has 0 aromatic heterocycles. The molecule has 0 atom stereocenters. The normalized spacial score (nSPS) is 18.2. The summed E-state index contributed by atoms with van der Waals surface area (Å²) in [4.78, 5) is 22.6. The van der Waals surface area contributed by atoms with E-state index in [0.717, 1.165) is 0 Å². The predicted molar refractivity (Wildman–Crippen MR) is 71.8 cm³/mol. The third kappa shape index (κ3) is 5.48. The molecule has 1 amide bonds. The standard InChI is InChI=1S/C11H20N2O7S/c1-8(2)20-10(16)13-21(17,18)12-7-11(9(14)15)3-5-19-6-4-11/h8,12H,3-7H2,1-2H3,(H,13,16)(H,14,15). The van der Waals surface area contributed by atoms with Crippen molar-refractivity contribution in [1.82, 2.24) is 9.44 Å². The van der Waals surface area contributed by atoms with Gasteiger partial charge in [0.15, 0.2) is 0 Å². The number of ether oxygens (including phenoxy) is 2. The number of carboxylic acids is 1. The molecule has 0 saturated carbocycles. The molecule has 0 radical (unpaired) electrons. The Balaban J connectivity index is 2.62. The Morgan fingerprint density at radius 1 is 1.33 bits per heavy atom. The Bertz CT molecular complexity index is 483. The lowest BCUT2D eigenvalue weighted by Gasteiger charge is -2.32. The molecule has 9 nitrogen and oxygen atoms in total. The van der Waals surface area contributed by atoms with Gasteiger partial charge in [-0.1, -0.05) is 0 Å². The van der Waals surface area contributed by atoms with Crippen LogP contribution in [-0.2, 0) is 24.5 Å². The molecule has 0 spiro atoms. The summed E-state index contributed by atoms with van der Waals surface area (Å²) in [6.07, 6.45) is -1.20. The van der Waals surface area contributed by atoms with Crippen LogP contribution in [0.1, 0.15) is 26.7 Å². The van der Waals surface area contributed by atoms with Gasteiger partial charge < -0.3 is 14.6 Å². The summed E-state index contributed by atoms with van der Waals surface area (Å²) in [5.41, 5.74) is -1.23. The highest BCUT2D eigenvalue weighted by Gasteiger charge is 2.41. The number of carbonyl (C=O) groups excluding carboxylic acids is 1. The summed E-state index contributed by atoms with van der Waals surface area (Å²) < 4.78 is 36.8. The van der Waals surface area contributed by atoms with Crippen LogP contribution in [0.4, 0.5) is 4.79 Å². The van der Waals surface area contributed by atoms with Gasteiger partial charge in [0.1, 0.15) is 0 Å². The number of hydrogen-bond donors (Lipinski definition) is 3. The van der Waals surface area contributed by atoms with Crippen molar-refractivity contribution in [2.75, 3.05) is 19.8 Å². The van der Waals surface area contributed by atoms with Crippen LogP contribution < -0.4 is 9.44 Å². The van der Waals surface area contributed by atoms with E-state index in [-0.39, 0.29) is 32.6 Å². The number of amides is 1. The Hall–Kier alpha value is -1.39. The number of aliphatic carboxylic acids is 1. The molecule has 0 unspecified atom stereocenters. The van der Waals surface area contributed by atoms with E-state index in [9.17, 15) is 23.1 Å². The van der Waals surface area contributed by atoms with Crippen LogP contribution in [0.2, 0.25) is 0 Å². The summed E-state index contributed by atoms with van der Waals surface area (Å²) in [5.74, 6) is -1.10. The fourth-order valence-electron chi connectivity index (χ4n) is 1.85. The third-order valence-electron chi connectivity index (χ3n) is 3.06. The highest BCUT2D eigenvalue weighted by Crippen LogP contribution is 2.30. The monoisotopic (exact) mass is 324 g/mol. The number of carboxylic acid groups (broad SMARTS) is 1. The molecule has 10 heteroatoms. The van der Waals surface area contributed by atoms with E-state index in [1.165, 1.54) is 0 Å². The minimum atomic E-state index is -4.18. The van der Waals surface area contributed by atoms with Gasteiger partial charge in [-0.2, -0.15) is 13.1 Å². The molecule has 0 bridgehead atoms. The van der Waals surface area contributed by atoms with E-state index in [0.29, 0.717) is 0 Å². The van der Waals surface area contributed by atoms with Crippen molar-refractivity contribution in [3.63, 3.8) is 0 Å². The average Bonchev–Trinajstić information content (AvgIpc) is 2.35. The van der Waals surface area contributed by atoms with Crippen molar-refractivity contribution in [3.8, 4) is 0 Å². The molecule has 21 heavy (non-hydrogen) atoms. The predicted octanol–water partition coefficient (Wildman–Crippen LogP) is -0.163. The summed E-state index contributed by atoms with van der Waals surface area (Å²) in [5, 5.41) is 9.28. The maximum atomic E-state index is 11.7. The first-order chi connectivity index (χ1) is 9.67. The maximum Gasteiger partial charge on any atom is 0.422 e. The number of rotatable bonds is 6. The molecule has 1 aliphatic heterocycles. The summed E-state index contributed by atoms with van der Waals surface area (Å²) >= 11 is 0. The van der Waals surface area contributed by atoms with Gasteiger partial charge in [-0.05, 0) is 26.7 Å². The highest BCUT2D eigenvalue weighted by atomic mass is 32.2.